The first kappa shape index (κ1) is 11.2. The Labute approximate surface area is 97.8 Å². The smallest absolute Gasteiger partial charge is 0.410 e. The Bertz CT molecular complexity index is 399. The van der Waals surface area contributed by atoms with Gasteiger partial charge < -0.3 is 9.64 Å². The number of nitrogens with zero attached hydrogens (tertiary/aromatic N) is 1. The maximum Gasteiger partial charge on any atom is 0.410 e. The van der Waals surface area contributed by atoms with Gasteiger partial charge in [0.2, 0.25) is 0 Å². The molecule has 0 radical (unpaired) electrons. The molecule has 1 aromatic rings. The first-order valence-corrected chi connectivity index (χ1v) is 5.52. The van der Waals surface area contributed by atoms with Crippen LogP contribution in [-0.4, -0.2) is 30.0 Å². The molecule has 0 aliphatic carbocycles. The second-order valence-corrected chi connectivity index (χ2v) is 3.91. The lowest BCUT2D eigenvalue weighted by Crippen LogP contribution is -2.26. The Morgan fingerprint density at radius 1 is 1.50 bits per heavy atom. The average Bonchev–Trinajstić information content (AvgIpc) is 2.61. The van der Waals surface area contributed by atoms with E-state index in [9.17, 15) is 9.18 Å². The summed E-state index contributed by atoms with van der Waals surface area (Å²) in [5.74, 6) is -0.00736. The quantitative estimate of drug-likeness (QED) is 0.764. The van der Waals surface area contributed by atoms with Gasteiger partial charge in [-0.3, -0.25) is 0 Å². The summed E-state index contributed by atoms with van der Waals surface area (Å²) < 4.78 is 18.5. The molecule has 1 aliphatic heterocycles. The number of carbonyl (C=O) groups excluding carboxylic acids is 1. The van der Waals surface area contributed by atoms with Gasteiger partial charge in [-0.2, -0.15) is 0 Å². The number of rotatable bonds is 3. The summed E-state index contributed by atoms with van der Waals surface area (Å²) in [5.41, 5.74) is 0.410. The highest BCUT2D eigenvalue weighted by molar-refractivity contribution is 6.18. The fraction of sp³-hybridized carbons (Fsp3) is 0.364. The first-order chi connectivity index (χ1) is 7.72. The lowest BCUT2D eigenvalue weighted by Gasteiger charge is -2.10. The van der Waals surface area contributed by atoms with E-state index in [4.69, 9.17) is 16.3 Å². The number of hydrogen-bond donors (Lipinski definition) is 0. The van der Waals surface area contributed by atoms with Crippen molar-refractivity contribution in [1.29, 1.82) is 0 Å². The van der Waals surface area contributed by atoms with E-state index in [0.29, 0.717) is 24.5 Å². The summed E-state index contributed by atoms with van der Waals surface area (Å²) in [7, 11) is 0. The van der Waals surface area contributed by atoms with E-state index in [-0.39, 0.29) is 5.82 Å². The molecule has 1 fully saturated rings. The molecule has 86 valence electrons. The minimum Gasteiger partial charge on any atom is -0.439 e. The molecule has 1 aliphatic rings. The van der Waals surface area contributed by atoms with Crippen LogP contribution in [0.2, 0.25) is 0 Å². The highest BCUT2D eigenvalue weighted by Crippen LogP contribution is 2.27. The molecule has 1 atom stereocenters. The van der Waals surface area contributed by atoms with Crippen LogP contribution in [0.15, 0.2) is 24.3 Å². The van der Waals surface area contributed by atoms with Gasteiger partial charge in [0.05, 0.1) is 6.54 Å². The van der Waals surface area contributed by atoms with Crippen LogP contribution in [0, 0.1) is 5.82 Å². The van der Waals surface area contributed by atoms with Gasteiger partial charge in [0, 0.05) is 18.0 Å². The van der Waals surface area contributed by atoms with Crippen molar-refractivity contribution in [2.24, 2.45) is 0 Å². The number of alkyl halides is 1. The summed E-state index contributed by atoms with van der Waals surface area (Å²) in [6.07, 6.45) is -0.967. The van der Waals surface area contributed by atoms with Gasteiger partial charge in [0.15, 0.2) is 0 Å². The SMILES string of the molecule is O=C1OC(c2ccccc2F)CN1CCCl. The number of carbonyl (C=O) groups is 1. The molecule has 0 bridgehead atoms. The first-order valence-electron chi connectivity index (χ1n) is 4.98. The summed E-state index contributed by atoms with van der Waals surface area (Å²) >= 11 is 5.55. The number of cyclic esters (lactones) is 1. The van der Waals surface area contributed by atoms with Gasteiger partial charge in [-0.25, -0.2) is 9.18 Å². The van der Waals surface area contributed by atoms with E-state index in [1.54, 1.807) is 18.2 Å². The number of halogens is 2. The third-order valence-corrected chi connectivity index (χ3v) is 2.66. The molecule has 0 aromatic heterocycles. The van der Waals surface area contributed by atoms with Crippen LogP contribution in [0.4, 0.5) is 9.18 Å². The highest BCUT2D eigenvalue weighted by Gasteiger charge is 2.33. The zero-order valence-corrected chi connectivity index (χ0v) is 9.28. The van der Waals surface area contributed by atoms with Gasteiger partial charge in [0.25, 0.3) is 0 Å². The fourth-order valence-corrected chi connectivity index (χ4v) is 1.89. The molecule has 0 spiro atoms. The third kappa shape index (κ3) is 2.11. The summed E-state index contributed by atoms with van der Waals surface area (Å²) in [6, 6.07) is 6.30. The van der Waals surface area contributed by atoms with E-state index in [0.717, 1.165) is 0 Å². The molecule has 1 saturated heterocycles. The largest absolute Gasteiger partial charge is 0.439 e. The number of ether oxygens (including phenoxy) is 1. The van der Waals surface area contributed by atoms with E-state index in [2.05, 4.69) is 0 Å². The summed E-state index contributed by atoms with van der Waals surface area (Å²) in [5, 5.41) is 0. The summed E-state index contributed by atoms with van der Waals surface area (Å²) in [4.78, 5) is 12.9. The molecular weight excluding hydrogens is 233 g/mol. The highest BCUT2D eigenvalue weighted by atomic mass is 35.5. The van der Waals surface area contributed by atoms with Gasteiger partial charge in [0.1, 0.15) is 11.9 Å². The molecule has 5 heteroatoms. The Balaban J connectivity index is 2.14. The van der Waals surface area contributed by atoms with Crippen molar-refractivity contribution >= 4 is 17.7 Å². The van der Waals surface area contributed by atoms with Crippen molar-refractivity contribution < 1.29 is 13.9 Å². The van der Waals surface area contributed by atoms with E-state index in [1.807, 2.05) is 0 Å². The van der Waals surface area contributed by atoms with E-state index >= 15 is 0 Å². The molecular formula is C11H11ClFNO2. The zero-order valence-electron chi connectivity index (χ0n) is 8.53. The lowest BCUT2D eigenvalue weighted by molar-refractivity contribution is 0.132. The topological polar surface area (TPSA) is 29.5 Å². The van der Waals surface area contributed by atoms with Crippen LogP contribution in [0.25, 0.3) is 0 Å². The van der Waals surface area contributed by atoms with E-state index in [1.165, 1.54) is 11.0 Å². The Kier molecular flexibility index (Phi) is 3.29. The molecule has 3 nitrogen and oxygen atoms in total. The number of amides is 1. The Morgan fingerprint density at radius 3 is 2.94 bits per heavy atom. The van der Waals surface area contributed by atoms with Crippen molar-refractivity contribution in [3.05, 3.63) is 35.6 Å². The lowest BCUT2D eigenvalue weighted by atomic mass is 10.1. The molecule has 0 N–H and O–H groups in total. The van der Waals surface area contributed by atoms with Crippen LogP contribution in [0.5, 0.6) is 0 Å². The van der Waals surface area contributed by atoms with Crippen LogP contribution >= 0.6 is 11.6 Å². The van der Waals surface area contributed by atoms with Gasteiger partial charge in [-0.1, -0.05) is 18.2 Å². The average molecular weight is 244 g/mol. The van der Waals surface area contributed by atoms with Crippen LogP contribution in [0.3, 0.4) is 0 Å². The van der Waals surface area contributed by atoms with Crippen molar-refractivity contribution in [3.8, 4) is 0 Å². The third-order valence-electron chi connectivity index (χ3n) is 2.49. The van der Waals surface area contributed by atoms with Gasteiger partial charge in [-0.15, -0.1) is 11.6 Å². The normalized spacial score (nSPS) is 20.0. The molecule has 2 rings (SSSR count). The summed E-state index contributed by atoms with van der Waals surface area (Å²) in [6.45, 7) is 0.776. The van der Waals surface area contributed by atoms with Gasteiger partial charge >= 0.3 is 6.09 Å². The maximum atomic E-state index is 13.4. The molecule has 1 unspecified atom stereocenters. The minimum absolute atomic E-state index is 0.346. The number of hydrogen-bond acceptors (Lipinski definition) is 2. The van der Waals surface area contributed by atoms with Crippen LogP contribution < -0.4 is 0 Å². The van der Waals surface area contributed by atoms with Crippen molar-refractivity contribution in [2.75, 3.05) is 19.0 Å². The molecule has 1 heterocycles. The molecule has 0 saturated carbocycles. The fourth-order valence-electron chi connectivity index (χ4n) is 1.69. The van der Waals surface area contributed by atoms with Crippen molar-refractivity contribution in [2.45, 2.75) is 6.10 Å². The molecule has 1 aromatic carbocycles. The van der Waals surface area contributed by atoms with Crippen molar-refractivity contribution in [3.63, 3.8) is 0 Å². The Hall–Kier alpha value is -1.29. The van der Waals surface area contributed by atoms with Gasteiger partial charge in [-0.05, 0) is 6.07 Å². The van der Waals surface area contributed by atoms with Crippen molar-refractivity contribution in [1.82, 2.24) is 4.90 Å². The van der Waals surface area contributed by atoms with E-state index < -0.39 is 12.2 Å². The second-order valence-electron chi connectivity index (χ2n) is 3.53. The zero-order chi connectivity index (χ0) is 11.5. The van der Waals surface area contributed by atoms with Crippen LogP contribution in [-0.2, 0) is 4.74 Å². The predicted octanol–water partition coefficient (Wildman–Crippen LogP) is 2.56. The standard InChI is InChI=1S/C11H11ClFNO2/c12-5-6-14-7-10(16-11(14)15)8-3-1-2-4-9(8)13/h1-4,10H,5-7H2. The monoisotopic (exact) mass is 243 g/mol. The second kappa shape index (κ2) is 4.70. The molecule has 1 amide bonds. The molecule has 16 heavy (non-hydrogen) atoms. The predicted molar refractivity (Wildman–Crippen MR) is 57.9 cm³/mol. The Morgan fingerprint density at radius 2 is 2.25 bits per heavy atom. The number of benzene rings is 1. The maximum absolute atomic E-state index is 13.4. The minimum atomic E-state index is -0.531. The van der Waals surface area contributed by atoms with Crippen LogP contribution in [0.1, 0.15) is 11.7 Å².